The molecule has 2 fully saturated rings. The van der Waals surface area contributed by atoms with Crippen LogP contribution in [0.15, 0.2) is 24.4 Å². The minimum atomic E-state index is -2.73. The number of nitrogens with zero attached hydrogens (tertiary/aromatic N) is 3. The van der Waals surface area contributed by atoms with Gasteiger partial charge in [0.25, 0.3) is 6.43 Å². The van der Waals surface area contributed by atoms with Gasteiger partial charge in [-0.25, -0.2) is 18.7 Å². The summed E-state index contributed by atoms with van der Waals surface area (Å²) in [5.41, 5.74) is 6.94. The summed E-state index contributed by atoms with van der Waals surface area (Å²) in [7, 11) is 0. The van der Waals surface area contributed by atoms with Crippen molar-refractivity contribution >= 4 is 29.0 Å². The third-order valence-electron chi connectivity index (χ3n) is 6.25. The lowest BCUT2D eigenvalue weighted by Gasteiger charge is -2.42. The molecule has 8 heteroatoms. The minimum Gasteiger partial charge on any atom is -0.355 e. The zero-order valence-electron chi connectivity index (χ0n) is 15.3. The van der Waals surface area contributed by atoms with Crippen molar-refractivity contribution in [2.45, 2.75) is 44.6 Å². The summed E-state index contributed by atoms with van der Waals surface area (Å²) in [4.78, 5) is 10.5. The zero-order valence-corrected chi connectivity index (χ0v) is 16.9. The molecule has 2 N–H and O–H groups in total. The van der Waals surface area contributed by atoms with Crippen LogP contribution in [0.5, 0.6) is 0 Å². The first-order valence-corrected chi connectivity index (χ1v) is 10.3. The molecule has 4 nitrogen and oxygen atoms in total. The van der Waals surface area contributed by atoms with Crippen LogP contribution in [0.1, 0.15) is 44.2 Å². The summed E-state index contributed by atoms with van der Waals surface area (Å²) >= 11 is 12.3. The van der Waals surface area contributed by atoms with Crippen molar-refractivity contribution in [3.63, 3.8) is 0 Å². The van der Waals surface area contributed by atoms with Crippen LogP contribution in [-0.2, 0) is 0 Å². The molecule has 2 aromatic rings. The Balaban J connectivity index is 1.62. The van der Waals surface area contributed by atoms with E-state index < -0.39 is 6.43 Å². The molecule has 1 saturated carbocycles. The van der Waals surface area contributed by atoms with Gasteiger partial charge in [0.2, 0.25) is 0 Å². The maximum absolute atomic E-state index is 13.8. The molecule has 0 bridgehead atoms. The van der Waals surface area contributed by atoms with Crippen LogP contribution in [0.4, 0.5) is 14.6 Å². The van der Waals surface area contributed by atoms with Crippen molar-refractivity contribution in [1.82, 2.24) is 9.97 Å². The molecule has 1 aromatic carbocycles. The molecule has 28 heavy (non-hydrogen) atoms. The Hall–Kier alpha value is -1.50. The number of rotatable bonds is 3. The van der Waals surface area contributed by atoms with Crippen LogP contribution in [0.25, 0.3) is 11.3 Å². The summed E-state index contributed by atoms with van der Waals surface area (Å²) in [5.74, 6) is 0.248. The van der Waals surface area contributed by atoms with E-state index >= 15 is 0 Å². The van der Waals surface area contributed by atoms with Gasteiger partial charge in [-0.2, -0.15) is 0 Å². The molecule has 1 aliphatic heterocycles. The van der Waals surface area contributed by atoms with E-state index in [4.69, 9.17) is 28.9 Å². The van der Waals surface area contributed by atoms with E-state index in [-0.39, 0.29) is 33.7 Å². The summed E-state index contributed by atoms with van der Waals surface area (Å²) in [6.45, 7) is 1.33. The Morgan fingerprint density at radius 1 is 1.18 bits per heavy atom. The Kier molecular flexibility index (Phi) is 5.47. The summed E-state index contributed by atoms with van der Waals surface area (Å²) < 4.78 is 27.6. The first kappa shape index (κ1) is 19.8. The third-order valence-corrected chi connectivity index (χ3v) is 7.07. The molecule has 1 aliphatic carbocycles. The predicted octanol–water partition coefficient (Wildman–Crippen LogP) is 5.49. The standard InChI is InChI=1S/C20H22Cl2F2N4/c21-13-4-1-3-12(16(13)22)14-11-26-19(17(27-14)18(23)24)28-9-7-20(8-10-28)6-2-5-15(20)25/h1,3-4,11,15,18H,2,5-10,25H2/t15-/m1/s1. The monoisotopic (exact) mass is 426 g/mol. The number of alkyl halides is 2. The van der Waals surface area contributed by atoms with Gasteiger partial charge in [-0.1, -0.05) is 41.8 Å². The van der Waals surface area contributed by atoms with E-state index in [0.717, 1.165) is 32.1 Å². The summed E-state index contributed by atoms with van der Waals surface area (Å²) in [5, 5.41) is 0.624. The lowest BCUT2D eigenvalue weighted by atomic mass is 9.74. The lowest BCUT2D eigenvalue weighted by Crippen LogP contribution is -2.47. The first-order chi connectivity index (χ1) is 13.4. The molecule has 2 aliphatic rings. The Bertz CT molecular complexity index is 869. The highest BCUT2D eigenvalue weighted by Crippen LogP contribution is 2.46. The molecule has 1 aromatic heterocycles. The van der Waals surface area contributed by atoms with Gasteiger partial charge in [-0.05, 0) is 37.2 Å². The van der Waals surface area contributed by atoms with Crippen LogP contribution in [0.2, 0.25) is 10.0 Å². The third kappa shape index (κ3) is 3.46. The highest BCUT2D eigenvalue weighted by atomic mass is 35.5. The molecule has 0 amide bonds. The van der Waals surface area contributed by atoms with Crippen LogP contribution >= 0.6 is 23.2 Å². The van der Waals surface area contributed by atoms with Gasteiger partial charge < -0.3 is 10.6 Å². The number of benzene rings is 1. The minimum absolute atomic E-state index is 0.156. The normalized spacial score (nSPS) is 21.6. The van der Waals surface area contributed by atoms with Crippen LogP contribution < -0.4 is 10.6 Å². The molecule has 1 spiro atoms. The lowest BCUT2D eigenvalue weighted by molar-refractivity contribution is 0.145. The van der Waals surface area contributed by atoms with E-state index in [1.54, 1.807) is 18.2 Å². The molecule has 150 valence electrons. The fourth-order valence-electron chi connectivity index (χ4n) is 4.57. The van der Waals surface area contributed by atoms with Crippen molar-refractivity contribution in [2.24, 2.45) is 11.1 Å². The van der Waals surface area contributed by atoms with Crippen molar-refractivity contribution in [3.8, 4) is 11.3 Å². The molecular formula is C20H22Cl2F2N4. The van der Waals surface area contributed by atoms with Gasteiger partial charge in [0.1, 0.15) is 5.69 Å². The number of nitrogens with two attached hydrogens (primary N) is 1. The molecule has 4 rings (SSSR count). The number of aromatic nitrogens is 2. The average Bonchev–Trinajstić information content (AvgIpc) is 3.04. The molecular weight excluding hydrogens is 405 g/mol. The SMILES string of the molecule is N[C@@H]1CCCC12CCN(c1ncc(-c3cccc(Cl)c3Cl)nc1C(F)F)CC2. The second kappa shape index (κ2) is 7.73. The van der Waals surface area contributed by atoms with Gasteiger partial charge >= 0.3 is 0 Å². The topological polar surface area (TPSA) is 55.0 Å². The Labute approximate surface area is 173 Å². The van der Waals surface area contributed by atoms with Gasteiger partial charge in [0, 0.05) is 24.7 Å². The molecule has 1 saturated heterocycles. The second-order valence-electron chi connectivity index (χ2n) is 7.71. The van der Waals surface area contributed by atoms with Crippen molar-refractivity contribution in [2.75, 3.05) is 18.0 Å². The number of halogens is 4. The van der Waals surface area contributed by atoms with Gasteiger partial charge in [-0.15, -0.1) is 0 Å². The Morgan fingerprint density at radius 3 is 2.57 bits per heavy atom. The number of hydrogen-bond acceptors (Lipinski definition) is 4. The Morgan fingerprint density at radius 2 is 1.93 bits per heavy atom. The number of hydrogen-bond donors (Lipinski definition) is 1. The van der Waals surface area contributed by atoms with Crippen LogP contribution in [0, 0.1) is 5.41 Å². The van der Waals surface area contributed by atoms with Crippen molar-refractivity contribution in [3.05, 3.63) is 40.1 Å². The van der Waals surface area contributed by atoms with Crippen LogP contribution in [0.3, 0.4) is 0 Å². The van der Waals surface area contributed by atoms with Crippen molar-refractivity contribution in [1.29, 1.82) is 0 Å². The van der Waals surface area contributed by atoms with Gasteiger partial charge in [0.05, 0.1) is 21.9 Å². The average molecular weight is 427 g/mol. The molecule has 0 unspecified atom stereocenters. The first-order valence-electron chi connectivity index (χ1n) is 9.51. The predicted molar refractivity (Wildman–Crippen MR) is 108 cm³/mol. The van der Waals surface area contributed by atoms with Gasteiger partial charge in [-0.3, -0.25) is 0 Å². The van der Waals surface area contributed by atoms with Crippen LogP contribution in [-0.4, -0.2) is 29.1 Å². The maximum atomic E-state index is 13.8. The number of anilines is 1. The maximum Gasteiger partial charge on any atom is 0.284 e. The summed E-state index contributed by atoms with van der Waals surface area (Å²) in [6, 6.07) is 5.25. The van der Waals surface area contributed by atoms with E-state index in [1.807, 2.05) is 4.90 Å². The molecule has 0 radical (unpaired) electrons. The van der Waals surface area contributed by atoms with E-state index in [2.05, 4.69) is 9.97 Å². The quantitative estimate of drug-likeness (QED) is 0.704. The fourth-order valence-corrected chi connectivity index (χ4v) is 4.97. The van der Waals surface area contributed by atoms with E-state index in [1.165, 1.54) is 6.20 Å². The van der Waals surface area contributed by atoms with Gasteiger partial charge in [0.15, 0.2) is 5.82 Å². The molecule has 1 atom stereocenters. The highest BCUT2D eigenvalue weighted by molar-refractivity contribution is 6.43. The molecule has 2 heterocycles. The number of piperidine rings is 1. The van der Waals surface area contributed by atoms with Crippen molar-refractivity contribution < 1.29 is 8.78 Å². The smallest absolute Gasteiger partial charge is 0.284 e. The largest absolute Gasteiger partial charge is 0.355 e. The van der Waals surface area contributed by atoms with E-state index in [0.29, 0.717) is 23.7 Å². The zero-order chi connectivity index (χ0) is 19.9. The fraction of sp³-hybridized carbons (Fsp3) is 0.500. The van der Waals surface area contributed by atoms with E-state index in [9.17, 15) is 8.78 Å². The second-order valence-corrected chi connectivity index (χ2v) is 8.50. The highest BCUT2D eigenvalue weighted by Gasteiger charge is 2.43. The summed E-state index contributed by atoms with van der Waals surface area (Å²) in [6.07, 6.45) is 3.90.